The number of rotatable bonds is 3. The SMILES string of the molecule is COc1cc(Br)cc(C)c1NC1CCCc2cccnc21. The second-order valence-electron chi connectivity index (χ2n) is 5.44. The van der Waals surface area contributed by atoms with Gasteiger partial charge in [-0.3, -0.25) is 4.98 Å². The first kappa shape index (κ1) is 14.4. The van der Waals surface area contributed by atoms with Crippen LogP contribution in [0.3, 0.4) is 0 Å². The second-order valence-corrected chi connectivity index (χ2v) is 6.35. The van der Waals surface area contributed by atoms with Gasteiger partial charge in [0, 0.05) is 10.7 Å². The maximum Gasteiger partial charge on any atom is 0.143 e. The van der Waals surface area contributed by atoms with Gasteiger partial charge < -0.3 is 10.1 Å². The first-order chi connectivity index (χ1) is 10.2. The van der Waals surface area contributed by atoms with Crippen molar-refractivity contribution in [2.75, 3.05) is 12.4 Å². The lowest BCUT2D eigenvalue weighted by Crippen LogP contribution is -2.19. The molecule has 1 aromatic carbocycles. The number of fused-ring (bicyclic) bond motifs is 1. The van der Waals surface area contributed by atoms with E-state index in [9.17, 15) is 0 Å². The predicted molar refractivity (Wildman–Crippen MR) is 89.0 cm³/mol. The summed E-state index contributed by atoms with van der Waals surface area (Å²) in [6.45, 7) is 2.10. The summed E-state index contributed by atoms with van der Waals surface area (Å²) in [6, 6.07) is 8.56. The van der Waals surface area contributed by atoms with Gasteiger partial charge in [0.15, 0.2) is 0 Å². The molecule has 1 aliphatic carbocycles. The zero-order chi connectivity index (χ0) is 14.8. The molecule has 0 saturated heterocycles. The van der Waals surface area contributed by atoms with Gasteiger partial charge in [-0.15, -0.1) is 0 Å². The Labute approximate surface area is 133 Å². The number of nitrogens with one attached hydrogen (secondary N) is 1. The molecule has 0 saturated carbocycles. The van der Waals surface area contributed by atoms with Crippen LogP contribution in [0.5, 0.6) is 5.75 Å². The Bertz CT molecular complexity index is 657. The molecule has 1 N–H and O–H groups in total. The highest BCUT2D eigenvalue weighted by molar-refractivity contribution is 9.10. The van der Waals surface area contributed by atoms with E-state index in [1.807, 2.05) is 18.3 Å². The number of hydrogen-bond acceptors (Lipinski definition) is 3. The topological polar surface area (TPSA) is 34.1 Å². The summed E-state index contributed by atoms with van der Waals surface area (Å²) in [6.07, 6.45) is 5.29. The third-order valence-electron chi connectivity index (χ3n) is 4.00. The van der Waals surface area contributed by atoms with Crippen LogP contribution in [0, 0.1) is 6.92 Å². The van der Waals surface area contributed by atoms with Gasteiger partial charge in [0.05, 0.1) is 24.5 Å². The van der Waals surface area contributed by atoms with Gasteiger partial charge in [0.25, 0.3) is 0 Å². The molecular formula is C17H19BrN2O. The van der Waals surface area contributed by atoms with Gasteiger partial charge in [0.2, 0.25) is 0 Å². The lowest BCUT2D eigenvalue weighted by molar-refractivity contribution is 0.415. The molecule has 21 heavy (non-hydrogen) atoms. The van der Waals surface area contributed by atoms with Gasteiger partial charge in [-0.25, -0.2) is 0 Å². The number of halogens is 1. The van der Waals surface area contributed by atoms with Crippen LogP contribution < -0.4 is 10.1 Å². The zero-order valence-electron chi connectivity index (χ0n) is 12.3. The molecule has 0 bridgehead atoms. The van der Waals surface area contributed by atoms with Crippen LogP contribution in [0.15, 0.2) is 34.9 Å². The van der Waals surface area contributed by atoms with Crippen molar-refractivity contribution in [1.29, 1.82) is 0 Å². The molecule has 0 aliphatic heterocycles. The lowest BCUT2D eigenvalue weighted by atomic mass is 9.91. The fourth-order valence-corrected chi connectivity index (χ4v) is 3.53. The Morgan fingerprint density at radius 3 is 3.05 bits per heavy atom. The van der Waals surface area contributed by atoms with Gasteiger partial charge in [-0.2, -0.15) is 0 Å². The summed E-state index contributed by atoms with van der Waals surface area (Å²) in [5, 5.41) is 3.64. The van der Waals surface area contributed by atoms with Crippen LogP contribution >= 0.6 is 15.9 Å². The molecule has 3 rings (SSSR count). The number of hydrogen-bond donors (Lipinski definition) is 1. The number of aryl methyl sites for hydroxylation is 2. The van der Waals surface area contributed by atoms with Crippen molar-refractivity contribution in [3.8, 4) is 5.75 Å². The van der Waals surface area contributed by atoms with E-state index in [0.29, 0.717) is 0 Å². The minimum atomic E-state index is 0.253. The number of methoxy groups -OCH3 is 1. The van der Waals surface area contributed by atoms with Gasteiger partial charge >= 0.3 is 0 Å². The highest BCUT2D eigenvalue weighted by Crippen LogP contribution is 2.37. The number of nitrogens with zero attached hydrogens (tertiary/aromatic N) is 1. The van der Waals surface area contributed by atoms with Crippen molar-refractivity contribution in [2.45, 2.75) is 32.2 Å². The van der Waals surface area contributed by atoms with Crippen molar-refractivity contribution in [2.24, 2.45) is 0 Å². The minimum absolute atomic E-state index is 0.253. The molecule has 0 fully saturated rings. The molecule has 2 aromatic rings. The third-order valence-corrected chi connectivity index (χ3v) is 4.46. The summed E-state index contributed by atoms with van der Waals surface area (Å²) in [4.78, 5) is 4.59. The van der Waals surface area contributed by atoms with Crippen molar-refractivity contribution in [3.63, 3.8) is 0 Å². The van der Waals surface area contributed by atoms with Crippen molar-refractivity contribution in [1.82, 2.24) is 4.98 Å². The van der Waals surface area contributed by atoms with Crippen LogP contribution in [0.4, 0.5) is 5.69 Å². The van der Waals surface area contributed by atoms with Crippen LogP contribution in [0.2, 0.25) is 0 Å². The Morgan fingerprint density at radius 2 is 2.24 bits per heavy atom. The molecule has 0 spiro atoms. The van der Waals surface area contributed by atoms with Gasteiger partial charge in [-0.05, 0) is 55.5 Å². The quantitative estimate of drug-likeness (QED) is 0.878. The fraction of sp³-hybridized carbons (Fsp3) is 0.353. The molecule has 1 heterocycles. The Balaban J connectivity index is 1.95. The van der Waals surface area contributed by atoms with Gasteiger partial charge in [0.1, 0.15) is 5.75 Å². The first-order valence-electron chi connectivity index (χ1n) is 7.23. The fourth-order valence-electron chi connectivity index (χ4n) is 2.98. The second kappa shape index (κ2) is 6.06. The van der Waals surface area contributed by atoms with E-state index in [2.05, 4.69) is 45.3 Å². The highest BCUT2D eigenvalue weighted by atomic mass is 79.9. The van der Waals surface area contributed by atoms with E-state index >= 15 is 0 Å². The summed E-state index contributed by atoms with van der Waals surface area (Å²) in [7, 11) is 1.71. The molecule has 0 amide bonds. The van der Waals surface area contributed by atoms with E-state index in [-0.39, 0.29) is 6.04 Å². The molecule has 110 valence electrons. The maximum atomic E-state index is 5.52. The van der Waals surface area contributed by atoms with Crippen molar-refractivity contribution < 1.29 is 4.74 Å². The maximum absolute atomic E-state index is 5.52. The number of anilines is 1. The summed E-state index contributed by atoms with van der Waals surface area (Å²) in [5.74, 6) is 0.866. The van der Waals surface area contributed by atoms with Crippen LogP contribution in [0.1, 0.15) is 35.7 Å². The average Bonchev–Trinajstić information content (AvgIpc) is 2.50. The minimum Gasteiger partial charge on any atom is -0.495 e. The van der Waals surface area contributed by atoms with E-state index in [1.54, 1.807) is 7.11 Å². The Kier molecular flexibility index (Phi) is 4.15. The molecule has 1 aliphatic rings. The third kappa shape index (κ3) is 2.91. The molecule has 4 heteroatoms. The van der Waals surface area contributed by atoms with Crippen LogP contribution in [-0.4, -0.2) is 12.1 Å². The van der Waals surface area contributed by atoms with E-state index in [1.165, 1.54) is 23.2 Å². The zero-order valence-corrected chi connectivity index (χ0v) is 13.9. The lowest BCUT2D eigenvalue weighted by Gasteiger charge is -2.27. The van der Waals surface area contributed by atoms with Crippen molar-refractivity contribution in [3.05, 3.63) is 51.8 Å². The normalized spacial score (nSPS) is 17.2. The monoisotopic (exact) mass is 346 g/mol. The molecular weight excluding hydrogens is 328 g/mol. The summed E-state index contributed by atoms with van der Waals surface area (Å²) in [5.41, 5.74) is 4.76. The summed E-state index contributed by atoms with van der Waals surface area (Å²) < 4.78 is 6.56. The van der Waals surface area contributed by atoms with E-state index < -0.39 is 0 Å². The number of aromatic nitrogens is 1. The predicted octanol–water partition coefficient (Wildman–Crippen LogP) is 4.65. The Morgan fingerprint density at radius 1 is 1.38 bits per heavy atom. The molecule has 1 aromatic heterocycles. The van der Waals surface area contributed by atoms with E-state index in [0.717, 1.165) is 28.8 Å². The number of benzene rings is 1. The standard InChI is InChI=1S/C17H19BrN2O/c1-11-9-13(18)10-15(21-2)16(11)20-14-7-3-5-12-6-4-8-19-17(12)14/h4,6,8-10,14,20H,3,5,7H2,1-2H3. The first-order valence-corrected chi connectivity index (χ1v) is 8.03. The van der Waals surface area contributed by atoms with Crippen molar-refractivity contribution >= 4 is 21.6 Å². The van der Waals surface area contributed by atoms with Crippen LogP contribution in [0.25, 0.3) is 0 Å². The number of pyridine rings is 1. The molecule has 1 atom stereocenters. The molecule has 1 unspecified atom stereocenters. The smallest absolute Gasteiger partial charge is 0.143 e. The van der Waals surface area contributed by atoms with Crippen LogP contribution in [-0.2, 0) is 6.42 Å². The average molecular weight is 347 g/mol. The summed E-state index contributed by atoms with van der Waals surface area (Å²) >= 11 is 3.52. The van der Waals surface area contributed by atoms with Gasteiger partial charge in [-0.1, -0.05) is 22.0 Å². The molecule has 0 radical (unpaired) electrons. The van der Waals surface area contributed by atoms with E-state index in [4.69, 9.17) is 4.74 Å². The number of ether oxygens (including phenoxy) is 1. The largest absolute Gasteiger partial charge is 0.495 e. The molecule has 3 nitrogen and oxygen atoms in total. The Hall–Kier alpha value is -1.55. The highest BCUT2D eigenvalue weighted by Gasteiger charge is 2.22.